The van der Waals surface area contributed by atoms with Gasteiger partial charge in [-0.3, -0.25) is 9.59 Å². The van der Waals surface area contributed by atoms with E-state index in [1.54, 1.807) is 0 Å². The van der Waals surface area contributed by atoms with Crippen molar-refractivity contribution < 1.29 is 22.8 Å². The Morgan fingerprint density at radius 3 is 2.40 bits per heavy atom. The lowest BCUT2D eigenvalue weighted by molar-refractivity contribution is -0.137. The van der Waals surface area contributed by atoms with Crippen molar-refractivity contribution in [2.75, 3.05) is 20.6 Å². The maximum absolute atomic E-state index is 12.9. The van der Waals surface area contributed by atoms with Gasteiger partial charge in [0.05, 0.1) is 12.1 Å². The largest absolute Gasteiger partial charge is 0.416 e. The van der Waals surface area contributed by atoms with Crippen molar-refractivity contribution in [1.82, 2.24) is 20.9 Å². The molecule has 0 bridgehead atoms. The number of nitrogens with zero attached hydrogens (tertiary/aromatic N) is 1. The summed E-state index contributed by atoms with van der Waals surface area (Å²) >= 11 is 0. The smallest absolute Gasteiger partial charge is 0.350 e. The molecule has 0 radical (unpaired) electrons. The molecule has 3 unspecified atom stereocenters. The van der Waals surface area contributed by atoms with Crippen LogP contribution in [0.2, 0.25) is 0 Å². The number of nitrogens with one attached hydrogen (secondary N) is 3. The lowest BCUT2D eigenvalue weighted by Crippen LogP contribution is -2.56. The van der Waals surface area contributed by atoms with Crippen LogP contribution in [0.3, 0.4) is 0 Å². The molecular formula is C26H33F3N4O2. The highest BCUT2D eigenvalue weighted by atomic mass is 19.4. The van der Waals surface area contributed by atoms with E-state index in [1.165, 1.54) is 17.7 Å². The summed E-state index contributed by atoms with van der Waals surface area (Å²) in [6, 6.07) is 12.7. The van der Waals surface area contributed by atoms with Gasteiger partial charge in [-0.25, -0.2) is 0 Å². The minimum Gasteiger partial charge on any atom is -0.350 e. The molecule has 6 nitrogen and oxygen atoms in total. The zero-order chi connectivity index (χ0) is 25.6. The standard InChI is InChI=1S/C26H33F3N4O2/c1-17-7-9-18(10-8-17)15-30-23-14-21(33(2)3)11-12-22(23)32-24(34)16-31-25(35)19-5-4-6-20(13-19)26(27,28)29/h4-10,13,21-23,30H,11-12,14-16H2,1-3H3,(H,31,35)(H,32,34). The van der Waals surface area contributed by atoms with Crippen molar-refractivity contribution in [2.45, 2.75) is 57.0 Å². The highest BCUT2D eigenvalue weighted by molar-refractivity contribution is 5.96. The van der Waals surface area contributed by atoms with Gasteiger partial charge < -0.3 is 20.9 Å². The van der Waals surface area contributed by atoms with Gasteiger partial charge >= 0.3 is 6.18 Å². The zero-order valence-corrected chi connectivity index (χ0v) is 20.3. The normalized spacial score (nSPS) is 20.5. The fourth-order valence-corrected chi connectivity index (χ4v) is 4.33. The molecule has 190 valence electrons. The number of amides is 2. The lowest BCUT2D eigenvalue weighted by Gasteiger charge is -2.39. The van der Waals surface area contributed by atoms with E-state index in [9.17, 15) is 22.8 Å². The summed E-state index contributed by atoms with van der Waals surface area (Å²) in [5.41, 5.74) is 1.30. The first-order valence-electron chi connectivity index (χ1n) is 11.7. The summed E-state index contributed by atoms with van der Waals surface area (Å²) in [4.78, 5) is 27.1. The number of benzene rings is 2. The van der Waals surface area contributed by atoms with Crippen LogP contribution in [-0.2, 0) is 17.5 Å². The van der Waals surface area contributed by atoms with E-state index in [2.05, 4.69) is 45.1 Å². The quantitative estimate of drug-likeness (QED) is 0.530. The third-order valence-electron chi connectivity index (χ3n) is 6.45. The van der Waals surface area contributed by atoms with Crippen molar-refractivity contribution in [3.05, 3.63) is 70.8 Å². The van der Waals surface area contributed by atoms with E-state index in [1.807, 2.05) is 21.0 Å². The number of halogens is 3. The molecule has 1 aliphatic rings. The Morgan fingerprint density at radius 2 is 1.74 bits per heavy atom. The molecule has 0 spiro atoms. The van der Waals surface area contributed by atoms with Gasteiger partial charge in [0, 0.05) is 30.2 Å². The monoisotopic (exact) mass is 490 g/mol. The Kier molecular flexibility index (Phi) is 8.91. The van der Waals surface area contributed by atoms with Crippen molar-refractivity contribution in [2.24, 2.45) is 0 Å². The van der Waals surface area contributed by atoms with E-state index in [4.69, 9.17) is 0 Å². The number of carbonyl (C=O) groups is 2. The SMILES string of the molecule is Cc1ccc(CNC2CC(N(C)C)CCC2NC(=O)CNC(=O)c2cccc(C(F)(F)F)c2)cc1. The molecule has 2 aromatic rings. The Morgan fingerprint density at radius 1 is 1.03 bits per heavy atom. The highest BCUT2D eigenvalue weighted by Gasteiger charge is 2.33. The molecular weight excluding hydrogens is 457 g/mol. The molecule has 3 N–H and O–H groups in total. The van der Waals surface area contributed by atoms with Gasteiger partial charge in [-0.2, -0.15) is 13.2 Å². The van der Waals surface area contributed by atoms with E-state index in [0.29, 0.717) is 12.6 Å². The van der Waals surface area contributed by atoms with Crippen LogP contribution >= 0.6 is 0 Å². The Balaban J connectivity index is 1.57. The molecule has 1 aliphatic carbocycles. The fraction of sp³-hybridized carbons (Fsp3) is 0.462. The van der Waals surface area contributed by atoms with Crippen molar-refractivity contribution in [1.29, 1.82) is 0 Å². The Bertz CT molecular complexity index is 1010. The number of carbonyl (C=O) groups excluding carboxylic acids is 2. The summed E-state index contributed by atoms with van der Waals surface area (Å²) < 4.78 is 38.7. The van der Waals surface area contributed by atoms with Gasteiger partial charge in [-0.05, 0) is 64.0 Å². The molecule has 2 aromatic carbocycles. The summed E-state index contributed by atoms with van der Waals surface area (Å²) in [5, 5.41) is 9.00. The topological polar surface area (TPSA) is 73.5 Å². The minimum atomic E-state index is -4.54. The molecule has 0 saturated heterocycles. The predicted octanol–water partition coefficient (Wildman–Crippen LogP) is 3.50. The van der Waals surface area contributed by atoms with Crippen LogP contribution in [0.5, 0.6) is 0 Å². The van der Waals surface area contributed by atoms with Gasteiger partial charge in [0.2, 0.25) is 5.91 Å². The second kappa shape index (κ2) is 11.7. The van der Waals surface area contributed by atoms with Crippen molar-refractivity contribution >= 4 is 11.8 Å². The number of hydrogen-bond acceptors (Lipinski definition) is 4. The highest BCUT2D eigenvalue weighted by Crippen LogP contribution is 2.29. The minimum absolute atomic E-state index is 0.0422. The molecule has 0 aromatic heterocycles. The Hall–Kier alpha value is -2.91. The average Bonchev–Trinajstić information content (AvgIpc) is 2.82. The molecule has 3 atom stereocenters. The van der Waals surface area contributed by atoms with Crippen LogP contribution in [0, 0.1) is 6.92 Å². The average molecular weight is 491 g/mol. The first-order chi connectivity index (χ1) is 16.5. The molecule has 2 amide bonds. The fourth-order valence-electron chi connectivity index (χ4n) is 4.33. The maximum Gasteiger partial charge on any atom is 0.416 e. The van der Waals surface area contributed by atoms with Gasteiger partial charge in [-0.1, -0.05) is 35.9 Å². The molecule has 0 aliphatic heterocycles. The lowest BCUT2D eigenvalue weighted by atomic mass is 9.85. The second-order valence-electron chi connectivity index (χ2n) is 9.34. The first kappa shape index (κ1) is 26.7. The van der Waals surface area contributed by atoms with Gasteiger partial charge in [0.25, 0.3) is 5.91 Å². The summed E-state index contributed by atoms with van der Waals surface area (Å²) in [6.07, 6.45) is -1.97. The zero-order valence-electron chi connectivity index (χ0n) is 20.3. The molecule has 0 heterocycles. The molecule has 3 rings (SSSR count). The van der Waals surface area contributed by atoms with Crippen LogP contribution in [0.4, 0.5) is 13.2 Å². The number of aryl methyl sites for hydroxylation is 1. The third-order valence-corrected chi connectivity index (χ3v) is 6.45. The molecule has 35 heavy (non-hydrogen) atoms. The van der Waals surface area contributed by atoms with Crippen molar-refractivity contribution in [3.63, 3.8) is 0 Å². The van der Waals surface area contributed by atoms with Gasteiger partial charge in [0.15, 0.2) is 0 Å². The summed E-state index contributed by atoms with van der Waals surface area (Å²) in [7, 11) is 4.09. The van der Waals surface area contributed by atoms with Crippen LogP contribution in [0.1, 0.15) is 46.3 Å². The van der Waals surface area contributed by atoms with Gasteiger partial charge in [-0.15, -0.1) is 0 Å². The third kappa shape index (κ3) is 7.80. The Labute approximate surface area is 204 Å². The van der Waals surface area contributed by atoms with E-state index in [-0.39, 0.29) is 30.1 Å². The number of hydrogen-bond donors (Lipinski definition) is 3. The van der Waals surface area contributed by atoms with E-state index >= 15 is 0 Å². The van der Waals surface area contributed by atoms with Crippen LogP contribution in [0.25, 0.3) is 0 Å². The second-order valence-corrected chi connectivity index (χ2v) is 9.34. The van der Waals surface area contributed by atoms with E-state index in [0.717, 1.165) is 37.0 Å². The van der Waals surface area contributed by atoms with Crippen LogP contribution in [0.15, 0.2) is 48.5 Å². The first-order valence-corrected chi connectivity index (χ1v) is 11.7. The van der Waals surface area contributed by atoms with Gasteiger partial charge in [0.1, 0.15) is 0 Å². The van der Waals surface area contributed by atoms with Crippen LogP contribution < -0.4 is 16.0 Å². The van der Waals surface area contributed by atoms with E-state index < -0.39 is 17.6 Å². The summed E-state index contributed by atoms with van der Waals surface area (Å²) in [6.45, 7) is 2.40. The number of rotatable bonds is 8. The molecule has 1 fully saturated rings. The van der Waals surface area contributed by atoms with Crippen LogP contribution in [-0.4, -0.2) is 55.5 Å². The predicted molar refractivity (Wildman–Crippen MR) is 129 cm³/mol. The number of alkyl halides is 3. The molecule has 9 heteroatoms. The summed E-state index contributed by atoms with van der Waals surface area (Å²) in [5.74, 6) is -1.10. The maximum atomic E-state index is 12.9. The molecule has 1 saturated carbocycles. The van der Waals surface area contributed by atoms with Crippen molar-refractivity contribution in [3.8, 4) is 0 Å².